The van der Waals surface area contributed by atoms with Gasteiger partial charge in [-0.3, -0.25) is 9.20 Å². The molecule has 0 saturated heterocycles. The predicted molar refractivity (Wildman–Crippen MR) is 120 cm³/mol. The van der Waals surface area contributed by atoms with Crippen molar-refractivity contribution in [2.24, 2.45) is 0 Å². The molecule has 2 aromatic heterocycles. The molecule has 2 aromatic carbocycles. The molecule has 0 saturated carbocycles. The first-order chi connectivity index (χ1) is 14.5. The van der Waals surface area contributed by atoms with Crippen molar-refractivity contribution in [3.05, 3.63) is 71.9 Å². The number of hydrogen-bond donors (Lipinski definition) is 3. The summed E-state index contributed by atoms with van der Waals surface area (Å²) in [6.07, 6.45) is 3.95. The fourth-order valence-electron chi connectivity index (χ4n) is 3.00. The van der Waals surface area contributed by atoms with E-state index < -0.39 is 0 Å². The lowest BCUT2D eigenvalue weighted by Gasteiger charge is -2.13. The topological polar surface area (TPSA) is 87.5 Å². The second-order valence-electron chi connectivity index (χ2n) is 7.05. The van der Waals surface area contributed by atoms with E-state index in [4.69, 9.17) is 0 Å². The minimum Gasteiger partial charge on any atom is -0.336 e. The molecule has 0 aliphatic rings. The first kappa shape index (κ1) is 19.7. The quantitative estimate of drug-likeness (QED) is 0.432. The van der Waals surface area contributed by atoms with Crippen molar-refractivity contribution in [1.82, 2.24) is 14.7 Å². The molecule has 0 spiro atoms. The molecule has 3 N–H and O–H groups in total. The van der Waals surface area contributed by atoms with Crippen LogP contribution in [0.15, 0.2) is 66.3 Å². The first-order valence-corrected chi connectivity index (χ1v) is 10.4. The molecule has 152 valence electrons. The molecule has 3 amide bonds. The molecule has 7 nitrogen and oxygen atoms in total. The van der Waals surface area contributed by atoms with Gasteiger partial charge in [-0.05, 0) is 38.1 Å². The molecule has 0 atom stereocenters. The normalized spacial score (nSPS) is 10.9. The van der Waals surface area contributed by atoms with Gasteiger partial charge in [0.05, 0.1) is 16.9 Å². The Kier molecular flexibility index (Phi) is 5.49. The number of nitrogens with zero attached hydrogens (tertiary/aromatic N) is 2. The number of fused-ring (bicyclic) bond motifs is 1. The lowest BCUT2D eigenvalue weighted by Crippen LogP contribution is -2.34. The van der Waals surface area contributed by atoms with Crippen LogP contribution in [-0.4, -0.2) is 27.4 Å². The maximum absolute atomic E-state index is 12.8. The fourth-order valence-corrected chi connectivity index (χ4v) is 3.70. The number of urea groups is 1. The average molecular weight is 420 g/mol. The Bertz CT molecular complexity index is 1170. The third-order valence-corrected chi connectivity index (χ3v) is 5.14. The summed E-state index contributed by atoms with van der Waals surface area (Å²) in [4.78, 5) is 30.3. The molecule has 2 heterocycles. The lowest BCUT2D eigenvalue weighted by atomic mass is 10.1. The van der Waals surface area contributed by atoms with Gasteiger partial charge >= 0.3 is 6.03 Å². The first-order valence-electron chi connectivity index (χ1n) is 9.50. The van der Waals surface area contributed by atoms with Crippen molar-refractivity contribution in [3.63, 3.8) is 0 Å². The van der Waals surface area contributed by atoms with E-state index in [0.29, 0.717) is 16.9 Å². The second-order valence-corrected chi connectivity index (χ2v) is 7.92. The third-order valence-electron chi connectivity index (χ3n) is 4.37. The molecule has 4 aromatic rings. The van der Waals surface area contributed by atoms with Crippen LogP contribution in [0.4, 0.5) is 16.2 Å². The highest BCUT2D eigenvalue weighted by molar-refractivity contribution is 7.15. The Morgan fingerprint density at radius 1 is 1.03 bits per heavy atom. The molecular weight excluding hydrogens is 398 g/mol. The highest BCUT2D eigenvalue weighted by atomic mass is 32.1. The van der Waals surface area contributed by atoms with E-state index in [1.54, 1.807) is 35.6 Å². The summed E-state index contributed by atoms with van der Waals surface area (Å²) in [5.74, 6) is -0.300. The minimum absolute atomic E-state index is 0.00407. The number of benzene rings is 2. The average Bonchev–Trinajstić information content (AvgIpc) is 3.30. The number of amides is 3. The van der Waals surface area contributed by atoms with Crippen molar-refractivity contribution in [3.8, 4) is 11.3 Å². The minimum atomic E-state index is -0.352. The molecule has 8 heteroatoms. The maximum atomic E-state index is 12.8. The molecule has 0 aliphatic heterocycles. The van der Waals surface area contributed by atoms with Gasteiger partial charge < -0.3 is 16.0 Å². The van der Waals surface area contributed by atoms with Gasteiger partial charge in [0.2, 0.25) is 0 Å². The molecule has 0 aliphatic carbocycles. The SMILES string of the molecule is CC(C)NC(=O)Nc1ccccc1C(=O)Nc1ccc(-c2cn3ccsc3n2)cc1. The summed E-state index contributed by atoms with van der Waals surface area (Å²) < 4.78 is 1.98. The monoisotopic (exact) mass is 419 g/mol. The number of thiazole rings is 1. The summed E-state index contributed by atoms with van der Waals surface area (Å²) >= 11 is 1.58. The molecule has 0 unspecified atom stereocenters. The van der Waals surface area contributed by atoms with Crippen LogP contribution < -0.4 is 16.0 Å². The number of hydrogen-bond acceptors (Lipinski definition) is 4. The number of para-hydroxylation sites is 1. The van der Waals surface area contributed by atoms with Crippen LogP contribution in [0.3, 0.4) is 0 Å². The molecular formula is C22H21N5O2S. The summed E-state index contributed by atoms with van der Waals surface area (Å²) in [5, 5.41) is 10.3. The highest BCUT2D eigenvalue weighted by Gasteiger charge is 2.14. The van der Waals surface area contributed by atoms with E-state index in [0.717, 1.165) is 16.2 Å². The molecule has 0 bridgehead atoms. The van der Waals surface area contributed by atoms with Gasteiger partial charge in [0.15, 0.2) is 4.96 Å². The van der Waals surface area contributed by atoms with Gasteiger partial charge in [-0.2, -0.15) is 0 Å². The van der Waals surface area contributed by atoms with Crippen molar-refractivity contribution in [2.75, 3.05) is 10.6 Å². The smallest absolute Gasteiger partial charge is 0.319 e. The Labute approximate surface area is 177 Å². The lowest BCUT2D eigenvalue weighted by molar-refractivity contribution is 0.102. The summed E-state index contributed by atoms with van der Waals surface area (Å²) in [5.41, 5.74) is 3.34. The maximum Gasteiger partial charge on any atom is 0.319 e. The van der Waals surface area contributed by atoms with Gasteiger partial charge in [-0.25, -0.2) is 9.78 Å². The Morgan fingerprint density at radius 2 is 1.80 bits per heavy atom. The van der Waals surface area contributed by atoms with E-state index in [9.17, 15) is 9.59 Å². The van der Waals surface area contributed by atoms with Crippen LogP contribution in [0.5, 0.6) is 0 Å². The number of rotatable bonds is 5. The van der Waals surface area contributed by atoms with Crippen LogP contribution in [-0.2, 0) is 0 Å². The third kappa shape index (κ3) is 4.33. The number of carbonyl (C=O) groups excluding carboxylic acids is 2. The van der Waals surface area contributed by atoms with Crippen LogP contribution in [0, 0.1) is 0 Å². The van der Waals surface area contributed by atoms with Gasteiger partial charge in [0.1, 0.15) is 0 Å². The van der Waals surface area contributed by atoms with Gasteiger partial charge in [0.25, 0.3) is 5.91 Å². The Balaban J connectivity index is 1.47. The number of aromatic nitrogens is 2. The zero-order valence-corrected chi connectivity index (χ0v) is 17.4. The molecule has 30 heavy (non-hydrogen) atoms. The zero-order valence-electron chi connectivity index (χ0n) is 16.5. The van der Waals surface area contributed by atoms with E-state index in [1.807, 2.05) is 60.3 Å². The van der Waals surface area contributed by atoms with Crippen LogP contribution >= 0.6 is 11.3 Å². The molecule has 0 radical (unpaired) electrons. The number of anilines is 2. The molecule has 0 fully saturated rings. The van der Waals surface area contributed by atoms with Crippen LogP contribution in [0.2, 0.25) is 0 Å². The van der Waals surface area contributed by atoms with E-state index in [2.05, 4.69) is 20.9 Å². The Hall–Kier alpha value is -3.65. The molecule has 4 rings (SSSR count). The van der Waals surface area contributed by atoms with E-state index in [1.165, 1.54) is 0 Å². The standard InChI is InChI=1S/C22H21N5O2S/c1-14(2)23-21(29)25-18-6-4-3-5-17(18)20(28)24-16-9-7-15(8-10-16)19-13-27-11-12-30-22(27)26-19/h3-14H,1-2H3,(H,24,28)(H2,23,25,29). The largest absolute Gasteiger partial charge is 0.336 e. The van der Waals surface area contributed by atoms with Crippen molar-refractivity contribution in [1.29, 1.82) is 0 Å². The van der Waals surface area contributed by atoms with Crippen LogP contribution in [0.1, 0.15) is 24.2 Å². The second kappa shape index (κ2) is 8.38. The summed E-state index contributed by atoms with van der Waals surface area (Å²) in [7, 11) is 0. The fraction of sp³-hybridized carbons (Fsp3) is 0.136. The number of imidazole rings is 1. The summed E-state index contributed by atoms with van der Waals surface area (Å²) in [6.45, 7) is 3.74. The van der Waals surface area contributed by atoms with Gasteiger partial charge in [-0.1, -0.05) is 24.3 Å². The van der Waals surface area contributed by atoms with E-state index in [-0.39, 0.29) is 18.0 Å². The van der Waals surface area contributed by atoms with Crippen molar-refractivity contribution >= 4 is 39.6 Å². The summed E-state index contributed by atoms with van der Waals surface area (Å²) in [6, 6.07) is 14.1. The van der Waals surface area contributed by atoms with Crippen LogP contribution in [0.25, 0.3) is 16.2 Å². The van der Waals surface area contributed by atoms with E-state index >= 15 is 0 Å². The van der Waals surface area contributed by atoms with Gasteiger partial charge in [0, 0.05) is 35.1 Å². The number of nitrogens with one attached hydrogen (secondary N) is 3. The Morgan fingerprint density at radius 3 is 2.53 bits per heavy atom. The number of carbonyl (C=O) groups is 2. The van der Waals surface area contributed by atoms with Crippen molar-refractivity contribution < 1.29 is 9.59 Å². The zero-order chi connectivity index (χ0) is 21.1. The van der Waals surface area contributed by atoms with Crippen molar-refractivity contribution in [2.45, 2.75) is 19.9 Å². The highest BCUT2D eigenvalue weighted by Crippen LogP contribution is 2.24. The van der Waals surface area contributed by atoms with Gasteiger partial charge in [-0.15, -0.1) is 11.3 Å². The predicted octanol–water partition coefficient (Wildman–Crippen LogP) is 4.85.